The minimum absolute atomic E-state index is 0.141. The molecule has 3 aromatic carbocycles. The first-order chi connectivity index (χ1) is 14.6. The van der Waals surface area contributed by atoms with Crippen LogP contribution in [-0.2, 0) is 4.79 Å². The predicted molar refractivity (Wildman–Crippen MR) is 115 cm³/mol. The van der Waals surface area contributed by atoms with Gasteiger partial charge in [0.05, 0.1) is 13.3 Å². The summed E-state index contributed by atoms with van der Waals surface area (Å²) in [7, 11) is 1.58. The Bertz CT molecular complexity index is 1020. The molecule has 0 fully saturated rings. The van der Waals surface area contributed by atoms with Crippen molar-refractivity contribution in [2.24, 2.45) is 5.10 Å². The number of hydrogen-bond acceptors (Lipinski definition) is 5. The topological polar surface area (TPSA) is 89.0 Å². The lowest BCUT2D eigenvalue weighted by molar-refractivity contribution is -0.118. The van der Waals surface area contributed by atoms with E-state index in [1.165, 1.54) is 6.21 Å². The maximum Gasteiger partial charge on any atom is 0.271 e. The van der Waals surface area contributed by atoms with Crippen LogP contribution in [0.3, 0.4) is 0 Å². The number of anilines is 1. The molecule has 0 radical (unpaired) electrons. The fourth-order valence-electron chi connectivity index (χ4n) is 2.52. The van der Waals surface area contributed by atoms with Gasteiger partial charge >= 0.3 is 0 Å². The molecule has 2 amide bonds. The Hall–Kier alpha value is -4.13. The Kier molecular flexibility index (Phi) is 7.16. The van der Waals surface area contributed by atoms with Gasteiger partial charge in [-0.1, -0.05) is 30.3 Å². The lowest BCUT2D eigenvalue weighted by Gasteiger charge is -2.08. The Labute approximate surface area is 174 Å². The van der Waals surface area contributed by atoms with Gasteiger partial charge in [-0.05, 0) is 54.1 Å². The number of ether oxygens (including phenoxy) is 2. The monoisotopic (exact) mass is 403 g/mol. The Morgan fingerprint density at radius 1 is 0.933 bits per heavy atom. The number of amides is 2. The first-order valence-corrected chi connectivity index (χ1v) is 9.19. The van der Waals surface area contributed by atoms with Gasteiger partial charge in [0.15, 0.2) is 6.61 Å². The summed E-state index contributed by atoms with van der Waals surface area (Å²) in [4.78, 5) is 24.0. The molecule has 3 rings (SSSR count). The average Bonchev–Trinajstić information content (AvgIpc) is 2.79. The lowest BCUT2D eigenvalue weighted by atomic mass is 10.2. The highest BCUT2D eigenvalue weighted by molar-refractivity contribution is 5.95. The average molecular weight is 403 g/mol. The summed E-state index contributed by atoms with van der Waals surface area (Å²) in [6.07, 6.45) is 1.51. The molecule has 0 aliphatic carbocycles. The third-order valence-electron chi connectivity index (χ3n) is 4.02. The van der Waals surface area contributed by atoms with Crippen molar-refractivity contribution in [3.8, 4) is 11.5 Å². The van der Waals surface area contributed by atoms with Crippen LogP contribution >= 0.6 is 0 Å². The van der Waals surface area contributed by atoms with Crippen LogP contribution in [0.5, 0.6) is 11.5 Å². The minimum Gasteiger partial charge on any atom is -0.497 e. The van der Waals surface area contributed by atoms with Crippen LogP contribution in [0, 0.1) is 0 Å². The molecule has 0 unspecified atom stereocenters. The van der Waals surface area contributed by atoms with Gasteiger partial charge in [0.1, 0.15) is 11.5 Å². The van der Waals surface area contributed by atoms with Gasteiger partial charge in [-0.2, -0.15) is 5.10 Å². The number of hydrazone groups is 1. The quantitative estimate of drug-likeness (QED) is 0.445. The molecule has 0 aliphatic rings. The van der Waals surface area contributed by atoms with E-state index >= 15 is 0 Å². The number of rotatable bonds is 8. The highest BCUT2D eigenvalue weighted by Gasteiger charge is 2.05. The van der Waals surface area contributed by atoms with Crippen molar-refractivity contribution < 1.29 is 19.1 Å². The van der Waals surface area contributed by atoms with E-state index in [1.807, 2.05) is 12.1 Å². The zero-order valence-corrected chi connectivity index (χ0v) is 16.4. The highest BCUT2D eigenvalue weighted by Crippen LogP contribution is 2.15. The molecule has 0 saturated heterocycles. The van der Waals surface area contributed by atoms with Crippen molar-refractivity contribution >= 4 is 23.7 Å². The number of nitrogens with zero attached hydrogens (tertiary/aromatic N) is 1. The number of methoxy groups -OCH3 is 1. The molecule has 0 aromatic heterocycles. The molecule has 0 heterocycles. The van der Waals surface area contributed by atoms with Crippen molar-refractivity contribution in [1.29, 1.82) is 0 Å². The summed E-state index contributed by atoms with van der Waals surface area (Å²) >= 11 is 0. The molecule has 2 N–H and O–H groups in total. The van der Waals surface area contributed by atoms with Gasteiger partial charge in [0.25, 0.3) is 11.8 Å². The molecule has 0 spiro atoms. The summed E-state index contributed by atoms with van der Waals surface area (Å²) in [5.41, 5.74) is 4.36. The maximum absolute atomic E-state index is 12.1. The molecule has 30 heavy (non-hydrogen) atoms. The summed E-state index contributed by atoms with van der Waals surface area (Å²) in [6.45, 7) is -0.141. The zero-order valence-electron chi connectivity index (χ0n) is 16.4. The highest BCUT2D eigenvalue weighted by atomic mass is 16.5. The van der Waals surface area contributed by atoms with E-state index in [-0.39, 0.29) is 18.4 Å². The van der Waals surface area contributed by atoms with Gasteiger partial charge < -0.3 is 14.8 Å². The van der Waals surface area contributed by atoms with Crippen LogP contribution in [-0.4, -0.2) is 31.7 Å². The second-order valence-electron chi connectivity index (χ2n) is 6.20. The molecular formula is C23H21N3O4. The largest absolute Gasteiger partial charge is 0.497 e. The van der Waals surface area contributed by atoms with Crippen molar-refractivity contribution in [2.45, 2.75) is 0 Å². The number of carbonyl (C=O) groups is 2. The number of nitrogens with one attached hydrogen (secondary N) is 2. The zero-order chi connectivity index (χ0) is 21.2. The first-order valence-electron chi connectivity index (χ1n) is 9.19. The van der Waals surface area contributed by atoms with Crippen molar-refractivity contribution in [1.82, 2.24) is 5.43 Å². The van der Waals surface area contributed by atoms with Crippen LogP contribution < -0.4 is 20.2 Å². The van der Waals surface area contributed by atoms with Crippen LogP contribution in [0.25, 0.3) is 0 Å². The molecule has 0 aliphatic heterocycles. The molecule has 0 atom stereocenters. The van der Waals surface area contributed by atoms with Crippen LogP contribution in [0.4, 0.5) is 5.69 Å². The Balaban J connectivity index is 1.49. The molecule has 0 bridgehead atoms. The SMILES string of the molecule is COc1ccc(NC(=O)COc2cccc(/C=N/NC(=O)c3ccccc3)c2)cc1. The summed E-state index contributed by atoms with van der Waals surface area (Å²) in [6, 6.07) is 22.9. The van der Waals surface area contributed by atoms with E-state index < -0.39 is 0 Å². The molecular weight excluding hydrogens is 382 g/mol. The van der Waals surface area contributed by atoms with Crippen molar-refractivity contribution in [3.05, 3.63) is 90.0 Å². The second-order valence-corrected chi connectivity index (χ2v) is 6.20. The normalized spacial score (nSPS) is 10.4. The van der Waals surface area contributed by atoms with Crippen molar-refractivity contribution in [3.63, 3.8) is 0 Å². The fraction of sp³-hybridized carbons (Fsp3) is 0.0870. The predicted octanol–water partition coefficient (Wildman–Crippen LogP) is 3.48. The number of carbonyl (C=O) groups excluding carboxylic acids is 2. The molecule has 3 aromatic rings. The molecule has 7 nitrogen and oxygen atoms in total. The fourth-order valence-corrected chi connectivity index (χ4v) is 2.52. The summed E-state index contributed by atoms with van der Waals surface area (Å²) in [5.74, 6) is 0.643. The smallest absolute Gasteiger partial charge is 0.271 e. The minimum atomic E-state index is -0.297. The first kappa shape index (κ1) is 20.6. The molecule has 152 valence electrons. The van der Waals surface area contributed by atoms with E-state index in [1.54, 1.807) is 73.8 Å². The second kappa shape index (κ2) is 10.4. The third kappa shape index (κ3) is 6.20. The van der Waals surface area contributed by atoms with Gasteiger partial charge in [-0.15, -0.1) is 0 Å². The van der Waals surface area contributed by atoms with E-state index in [0.717, 1.165) is 5.56 Å². The standard InChI is InChI=1S/C23H21N3O4/c1-29-20-12-10-19(11-13-20)25-22(27)16-30-21-9-5-6-17(14-21)15-24-26-23(28)18-7-3-2-4-8-18/h2-15H,16H2,1H3,(H,25,27)(H,26,28)/b24-15+. The Morgan fingerprint density at radius 3 is 2.43 bits per heavy atom. The van der Waals surface area contributed by atoms with Crippen molar-refractivity contribution in [2.75, 3.05) is 19.0 Å². The number of hydrogen-bond donors (Lipinski definition) is 2. The van der Waals surface area contributed by atoms with E-state index in [4.69, 9.17) is 9.47 Å². The Morgan fingerprint density at radius 2 is 1.70 bits per heavy atom. The maximum atomic E-state index is 12.1. The summed E-state index contributed by atoms with van der Waals surface area (Å²) < 4.78 is 10.6. The third-order valence-corrected chi connectivity index (χ3v) is 4.02. The van der Waals surface area contributed by atoms with Crippen LogP contribution in [0.1, 0.15) is 15.9 Å². The van der Waals surface area contributed by atoms with E-state index in [9.17, 15) is 9.59 Å². The summed E-state index contributed by atoms with van der Waals surface area (Å²) in [5, 5.41) is 6.70. The molecule has 7 heteroatoms. The van der Waals surface area contributed by atoms with Gasteiger partial charge in [-0.25, -0.2) is 5.43 Å². The van der Waals surface area contributed by atoms with Gasteiger partial charge in [0, 0.05) is 11.3 Å². The molecule has 0 saturated carbocycles. The van der Waals surface area contributed by atoms with Gasteiger partial charge in [0.2, 0.25) is 0 Å². The van der Waals surface area contributed by atoms with E-state index in [0.29, 0.717) is 22.7 Å². The van der Waals surface area contributed by atoms with E-state index in [2.05, 4.69) is 15.8 Å². The van der Waals surface area contributed by atoms with Gasteiger partial charge in [-0.3, -0.25) is 9.59 Å². The number of benzene rings is 3. The van der Waals surface area contributed by atoms with Crippen LogP contribution in [0.15, 0.2) is 84.0 Å². The lowest BCUT2D eigenvalue weighted by Crippen LogP contribution is -2.20. The van der Waals surface area contributed by atoms with Crippen LogP contribution in [0.2, 0.25) is 0 Å².